The first kappa shape index (κ1) is 23.2. The Hall–Kier alpha value is -0.820. The summed E-state index contributed by atoms with van der Waals surface area (Å²) < 4.78 is 37.2. The minimum absolute atomic E-state index is 0.184. The molecule has 0 aliphatic heterocycles. The molecule has 2 N–H and O–H groups in total. The maximum atomic E-state index is 11.6. The SMILES string of the molecule is CCCCCCCCCCC(COC(=O)O)C(CCC)S(=O)(=O)O. The summed E-state index contributed by atoms with van der Waals surface area (Å²) in [6.07, 6.45) is 9.09. The first-order valence-electron chi connectivity index (χ1n) is 9.14. The van der Waals surface area contributed by atoms with Gasteiger partial charge in [-0.25, -0.2) is 4.79 Å². The number of hydrogen-bond acceptors (Lipinski definition) is 4. The van der Waals surface area contributed by atoms with Crippen molar-refractivity contribution in [1.82, 2.24) is 0 Å². The Morgan fingerprint density at radius 3 is 1.92 bits per heavy atom. The lowest BCUT2D eigenvalue weighted by molar-refractivity contribution is 0.0731. The summed E-state index contributed by atoms with van der Waals surface area (Å²) >= 11 is 0. The third-order valence-electron chi connectivity index (χ3n) is 4.33. The molecule has 0 spiro atoms. The predicted octanol–water partition coefficient (Wildman–Crippen LogP) is 4.88. The molecule has 24 heavy (non-hydrogen) atoms. The number of unbranched alkanes of at least 4 members (excludes halogenated alkanes) is 7. The zero-order valence-electron chi connectivity index (χ0n) is 15.1. The predicted molar refractivity (Wildman–Crippen MR) is 94.9 cm³/mol. The molecule has 144 valence electrons. The average molecular weight is 367 g/mol. The molecule has 2 unspecified atom stereocenters. The standard InChI is InChI=1S/C17H34O6S/c1-3-5-6-7-8-9-10-11-13-15(14-23-17(18)19)16(12-4-2)24(20,21)22/h15-16H,3-14H2,1-2H3,(H,18,19)(H,20,21,22). The highest BCUT2D eigenvalue weighted by molar-refractivity contribution is 7.86. The molecule has 0 aromatic heterocycles. The number of hydrogen-bond donors (Lipinski definition) is 2. The van der Waals surface area contributed by atoms with E-state index >= 15 is 0 Å². The van der Waals surface area contributed by atoms with Crippen molar-refractivity contribution in [2.24, 2.45) is 5.92 Å². The van der Waals surface area contributed by atoms with Gasteiger partial charge in [-0.05, 0) is 12.8 Å². The molecule has 0 aliphatic rings. The zero-order valence-corrected chi connectivity index (χ0v) is 15.9. The molecule has 0 bridgehead atoms. The van der Waals surface area contributed by atoms with Crippen LogP contribution in [0.15, 0.2) is 0 Å². The van der Waals surface area contributed by atoms with E-state index in [4.69, 9.17) is 5.11 Å². The summed E-state index contributed by atoms with van der Waals surface area (Å²) in [5.41, 5.74) is 0. The second kappa shape index (κ2) is 13.5. The summed E-state index contributed by atoms with van der Waals surface area (Å²) in [5.74, 6) is -0.490. The molecule has 0 aromatic rings. The van der Waals surface area contributed by atoms with Crippen LogP contribution < -0.4 is 0 Å². The summed E-state index contributed by atoms with van der Waals surface area (Å²) in [5, 5.41) is 7.70. The molecule has 6 nitrogen and oxygen atoms in total. The maximum Gasteiger partial charge on any atom is 0.505 e. The highest BCUT2D eigenvalue weighted by Gasteiger charge is 2.32. The normalized spacial score (nSPS) is 14.3. The Morgan fingerprint density at radius 1 is 0.917 bits per heavy atom. The van der Waals surface area contributed by atoms with Crippen molar-refractivity contribution < 1.29 is 27.6 Å². The first-order chi connectivity index (χ1) is 11.3. The Kier molecular flexibility index (Phi) is 13.0. The Balaban J connectivity index is 4.37. The number of ether oxygens (including phenoxy) is 1. The van der Waals surface area contributed by atoms with Crippen LogP contribution in [-0.2, 0) is 14.9 Å². The van der Waals surface area contributed by atoms with Crippen LogP contribution in [-0.4, -0.2) is 36.1 Å². The minimum Gasteiger partial charge on any atom is -0.450 e. The summed E-state index contributed by atoms with van der Waals surface area (Å²) in [7, 11) is -4.20. The molecule has 2 atom stereocenters. The molecule has 0 saturated carbocycles. The van der Waals surface area contributed by atoms with Gasteiger partial charge in [-0.2, -0.15) is 8.42 Å². The van der Waals surface area contributed by atoms with Gasteiger partial charge in [0.05, 0.1) is 11.9 Å². The summed E-state index contributed by atoms with van der Waals surface area (Å²) in [4.78, 5) is 10.6. The van der Waals surface area contributed by atoms with Crippen molar-refractivity contribution in [3.05, 3.63) is 0 Å². The van der Waals surface area contributed by atoms with Crippen LogP contribution >= 0.6 is 0 Å². The van der Waals surface area contributed by atoms with Gasteiger partial charge in [0.25, 0.3) is 10.1 Å². The van der Waals surface area contributed by atoms with Crippen LogP contribution in [0.3, 0.4) is 0 Å². The van der Waals surface area contributed by atoms with E-state index in [9.17, 15) is 17.8 Å². The fraction of sp³-hybridized carbons (Fsp3) is 0.941. The third kappa shape index (κ3) is 11.7. The molecule has 0 fully saturated rings. The van der Waals surface area contributed by atoms with E-state index in [0.717, 1.165) is 19.3 Å². The Bertz CT molecular complexity index is 421. The van der Waals surface area contributed by atoms with E-state index in [2.05, 4.69) is 11.7 Å². The molecule has 0 aliphatic carbocycles. The van der Waals surface area contributed by atoms with Crippen LogP contribution in [0.2, 0.25) is 0 Å². The molecule has 0 aromatic carbocycles. The molecule has 0 heterocycles. The highest BCUT2D eigenvalue weighted by atomic mass is 32.2. The van der Waals surface area contributed by atoms with Gasteiger partial charge < -0.3 is 9.84 Å². The van der Waals surface area contributed by atoms with E-state index in [0.29, 0.717) is 19.3 Å². The largest absolute Gasteiger partial charge is 0.505 e. The molecule has 0 rings (SSSR count). The molecule has 0 radical (unpaired) electrons. The lowest BCUT2D eigenvalue weighted by atomic mass is 9.95. The van der Waals surface area contributed by atoms with Crippen molar-refractivity contribution in [1.29, 1.82) is 0 Å². The second-order valence-corrected chi connectivity index (χ2v) is 8.08. The molecular formula is C17H34O6S. The van der Waals surface area contributed by atoms with E-state index in [1.54, 1.807) is 0 Å². The van der Waals surface area contributed by atoms with E-state index in [1.165, 1.54) is 32.1 Å². The fourth-order valence-corrected chi connectivity index (χ4v) is 4.24. The maximum absolute atomic E-state index is 11.6. The minimum atomic E-state index is -4.20. The van der Waals surface area contributed by atoms with Crippen LogP contribution in [0, 0.1) is 5.92 Å². The second-order valence-electron chi connectivity index (χ2n) is 6.44. The van der Waals surface area contributed by atoms with Crippen molar-refractivity contribution in [3.8, 4) is 0 Å². The van der Waals surface area contributed by atoms with Crippen LogP contribution in [0.1, 0.15) is 84.5 Å². The van der Waals surface area contributed by atoms with Crippen molar-refractivity contribution in [2.45, 2.75) is 89.7 Å². The smallest absolute Gasteiger partial charge is 0.450 e. The van der Waals surface area contributed by atoms with E-state index in [1.807, 2.05) is 6.92 Å². The molecular weight excluding hydrogens is 332 g/mol. The summed E-state index contributed by atoms with van der Waals surface area (Å²) in [6, 6.07) is 0. The first-order valence-corrected chi connectivity index (χ1v) is 10.6. The van der Waals surface area contributed by atoms with Gasteiger partial charge in [-0.3, -0.25) is 4.55 Å². The Labute approximate surface area is 146 Å². The zero-order chi connectivity index (χ0) is 18.4. The van der Waals surface area contributed by atoms with Crippen LogP contribution in [0.25, 0.3) is 0 Å². The van der Waals surface area contributed by atoms with Crippen LogP contribution in [0.4, 0.5) is 4.79 Å². The average Bonchev–Trinajstić information content (AvgIpc) is 2.49. The van der Waals surface area contributed by atoms with E-state index in [-0.39, 0.29) is 6.61 Å². The lowest BCUT2D eigenvalue weighted by Gasteiger charge is -2.24. The van der Waals surface area contributed by atoms with Crippen LogP contribution in [0.5, 0.6) is 0 Å². The van der Waals surface area contributed by atoms with Crippen molar-refractivity contribution in [3.63, 3.8) is 0 Å². The number of carbonyl (C=O) groups is 1. The lowest BCUT2D eigenvalue weighted by Crippen LogP contribution is -2.33. The van der Waals surface area contributed by atoms with Gasteiger partial charge in [0.15, 0.2) is 0 Å². The molecule has 0 amide bonds. The molecule has 7 heteroatoms. The quantitative estimate of drug-likeness (QED) is 0.243. The van der Waals surface area contributed by atoms with Crippen molar-refractivity contribution >= 4 is 16.3 Å². The topological polar surface area (TPSA) is 101 Å². The van der Waals surface area contributed by atoms with Gasteiger partial charge >= 0.3 is 6.16 Å². The van der Waals surface area contributed by atoms with Gasteiger partial charge in [0, 0.05) is 5.92 Å². The van der Waals surface area contributed by atoms with Gasteiger partial charge in [0.2, 0.25) is 0 Å². The van der Waals surface area contributed by atoms with E-state index < -0.39 is 27.4 Å². The monoisotopic (exact) mass is 366 g/mol. The highest BCUT2D eigenvalue weighted by Crippen LogP contribution is 2.24. The van der Waals surface area contributed by atoms with Gasteiger partial charge in [-0.15, -0.1) is 0 Å². The molecule has 0 saturated heterocycles. The van der Waals surface area contributed by atoms with Crippen molar-refractivity contribution in [2.75, 3.05) is 6.61 Å². The van der Waals surface area contributed by atoms with Gasteiger partial charge in [0.1, 0.15) is 0 Å². The summed E-state index contributed by atoms with van der Waals surface area (Å²) in [6.45, 7) is 3.83. The Morgan fingerprint density at radius 2 is 1.46 bits per heavy atom. The third-order valence-corrected chi connectivity index (χ3v) is 5.72. The number of carboxylic acid groups (broad SMARTS) is 1. The van der Waals surface area contributed by atoms with Gasteiger partial charge in [-0.1, -0.05) is 71.6 Å². The number of rotatable bonds is 15. The fourth-order valence-electron chi connectivity index (χ4n) is 3.01.